The lowest BCUT2D eigenvalue weighted by Crippen LogP contribution is -2.43. The van der Waals surface area contributed by atoms with Crippen molar-refractivity contribution >= 4 is 11.7 Å². The molecule has 1 aromatic rings. The highest BCUT2D eigenvalue weighted by molar-refractivity contribution is 5.84. The molecular formula is C10H16N4O. The van der Waals surface area contributed by atoms with E-state index in [0.717, 1.165) is 31.5 Å². The van der Waals surface area contributed by atoms with Gasteiger partial charge >= 0.3 is 0 Å². The molecule has 5 heteroatoms. The summed E-state index contributed by atoms with van der Waals surface area (Å²) in [7, 11) is 0. The molecule has 1 unspecified atom stereocenters. The second kappa shape index (κ2) is 4.02. The number of hydrogen-bond donors (Lipinski definition) is 2. The number of piperidine rings is 1. The number of carbonyl (C=O) groups is 1. The summed E-state index contributed by atoms with van der Waals surface area (Å²) in [6.45, 7) is 2.75. The molecule has 1 saturated heterocycles. The second-order valence-corrected chi connectivity index (χ2v) is 3.96. The number of anilines is 1. The molecule has 0 spiro atoms. The Labute approximate surface area is 88.6 Å². The van der Waals surface area contributed by atoms with Gasteiger partial charge < -0.3 is 11.1 Å². The first-order valence-corrected chi connectivity index (χ1v) is 5.28. The van der Waals surface area contributed by atoms with Crippen LogP contribution in [0.3, 0.4) is 0 Å². The summed E-state index contributed by atoms with van der Waals surface area (Å²) in [5.74, 6) is 0.403. The number of nitrogen functional groups attached to an aromatic ring is 1. The lowest BCUT2D eigenvalue weighted by Gasteiger charge is -2.22. The van der Waals surface area contributed by atoms with E-state index in [2.05, 4.69) is 10.4 Å². The monoisotopic (exact) mass is 208 g/mol. The average Bonchev–Trinajstić information content (AvgIpc) is 2.58. The summed E-state index contributed by atoms with van der Waals surface area (Å²) in [6.07, 6.45) is 3.13. The fourth-order valence-corrected chi connectivity index (χ4v) is 1.93. The van der Waals surface area contributed by atoms with Crippen LogP contribution in [0.4, 0.5) is 5.82 Å². The van der Waals surface area contributed by atoms with Gasteiger partial charge in [-0.1, -0.05) is 6.42 Å². The first kappa shape index (κ1) is 10.2. The van der Waals surface area contributed by atoms with Crippen LogP contribution in [0.5, 0.6) is 0 Å². The van der Waals surface area contributed by atoms with Crippen molar-refractivity contribution in [2.75, 3.05) is 12.3 Å². The number of carbonyl (C=O) groups excluding carboxylic acids is 1. The van der Waals surface area contributed by atoms with Crippen LogP contribution in [0.25, 0.3) is 0 Å². The fraction of sp³-hybridized carbons (Fsp3) is 0.600. The summed E-state index contributed by atoms with van der Waals surface area (Å²) < 4.78 is 1.40. The lowest BCUT2D eigenvalue weighted by molar-refractivity contribution is 0.0824. The Morgan fingerprint density at radius 1 is 1.67 bits per heavy atom. The summed E-state index contributed by atoms with van der Waals surface area (Å²) in [5.41, 5.74) is 6.34. The fourth-order valence-electron chi connectivity index (χ4n) is 1.93. The predicted molar refractivity (Wildman–Crippen MR) is 57.6 cm³/mol. The third kappa shape index (κ3) is 2.02. The Bertz CT molecular complexity index is 365. The second-order valence-electron chi connectivity index (χ2n) is 3.96. The van der Waals surface area contributed by atoms with Gasteiger partial charge in [0, 0.05) is 11.8 Å². The zero-order valence-electron chi connectivity index (χ0n) is 8.86. The molecule has 0 bridgehead atoms. The van der Waals surface area contributed by atoms with Crippen molar-refractivity contribution in [2.45, 2.75) is 32.2 Å². The Kier molecular flexibility index (Phi) is 2.73. The zero-order chi connectivity index (χ0) is 10.8. The number of hydrogen-bond acceptors (Lipinski definition) is 4. The van der Waals surface area contributed by atoms with Gasteiger partial charge in [0.15, 0.2) is 0 Å². The minimum Gasteiger partial charge on any atom is -0.382 e. The van der Waals surface area contributed by atoms with Crippen LogP contribution in [0.2, 0.25) is 0 Å². The highest BCUT2D eigenvalue weighted by Gasteiger charge is 2.23. The van der Waals surface area contributed by atoms with Gasteiger partial charge in [0.25, 0.3) is 5.91 Å². The van der Waals surface area contributed by atoms with Gasteiger partial charge in [0.1, 0.15) is 5.82 Å². The molecule has 1 aromatic heterocycles. The van der Waals surface area contributed by atoms with E-state index in [-0.39, 0.29) is 11.9 Å². The quantitative estimate of drug-likeness (QED) is 0.707. The van der Waals surface area contributed by atoms with E-state index in [1.165, 1.54) is 4.68 Å². The maximum absolute atomic E-state index is 12.0. The smallest absolute Gasteiger partial charge is 0.264 e. The van der Waals surface area contributed by atoms with Crippen LogP contribution in [-0.4, -0.2) is 28.3 Å². The molecule has 15 heavy (non-hydrogen) atoms. The van der Waals surface area contributed by atoms with E-state index in [1.54, 1.807) is 6.07 Å². The molecule has 0 amide bonds. The van der Waals surface area contributed by atoms with E-state index in [4.69, 9.17) is 5.73 Å². The number of aromatic nitrogens is 2. The van der Waals surface area contributed by atoms with Crippen molar-refractivity contribution in [1.82, 2.24) is 15.1 Å². The molecule has 3 N–H and O–H groups in total. The van der Waals surface area contributed by atoms with Gasteiger partial charge in [0.2, 0.25) is 0 Å². The molecule has 5 nitrogen and oxygen atoms in total. The van der Waals surface area contributed by atoms with E-state index < -0.39 is 0 Å². The molecule has 0 aliphatic carbocycles. The van der Waals surface area contributed by atoms with Crippen LogP contribution in [0.15, 0.2) is 6.07 Å². The van der Waals surface area contributed by atoms with E-state index in [1.807, 2.05) is 6.92 Å². The van der Waals surface area contributed by atoms with E-state index in [0.29, 0.717) is 5.82 Å². The zero-order valence-corrected chi connectivity index (χ0v) is 8.86. The molecule has 82 valence electrons. The Hall–Kier alpha value is -1.36. The van der Waals surface area contributed by atoms with Gasteiger partial charge in [-0.15, -0.1) is 5.10 Å². The van der Waals surface area contributed by atoms with Crippen LogP contribution >= 0.6 is 0 Å². The molecule has 2 heterocycles. The summed E-state index contributed by atoms with van der Waals surface area (Å²) in [5, 5.41) is 7.19. The molecular weight excluding hydrogens is 192 g/mol. The first-order chi connectivity index (χ1) is 7.18. The number of rotatable bonds is 1. The largest absolute Gasteiger partial charge is 0.382 e. The molecule has 0 aromatic carbocycles. The van der Waals surface area contributed by atoms with Crippen LogP contribution in [-0.2, 0) is 0 Å². The molecule has 1 atom stereocenters. The molecule has 1 fully saturated rings. The molecule has 1 aliphatic heterocycles. The maximum Gasteiger partial charge on any atom is 0.264 e. The van der Waals surface area contributed by atoms with Gasteiger partial charge in [0.05, 0.1) is 6.04 Å². The minimum atomic E-state index is -0.100. The average molecular weight is 208 g/mol. The number of aryl methyl sites for hydroxylation is 1. The van der Waals surface area contributed by atoms with Crippen molar-refractivity contribution in [1.29, 1.82) is 0 Å². The van der Waals surface area contributed by atoms with E-state index >= 15 is 0 Å². The number of nitrogens with one attached hydrogen (secondary N) is 1. The highest BCUT2D eigenvalue weighted by Crippen LogP contribution is 2.11. The highest BCUT2D eigenvalue weighted by atomic mass is 16.2. The number of nitrogens with zero attached hydrogens (tertiary/aromatic N) is 2. The first-order valence-electron chi connectivity index (χ1n) is 5.28. The van der Waals surface area contributed by atoms with Gasteiger partial charge in [-0.2, -0.15) is 0 Å². The SMILES string of the molecule is Cc1cc(N)nn1C(=O)C1CCCCN1. The van der Waals surface area contributed by atoms with Gasteiger partial charge in [-0.25, -0.2) is 4.68 Å². The lowest BCUT2D eigenvalue weighted by atomic mass is 10.0. The Morgan fingerprint density at radius 3 is 3.00 bits per heavy atom. The Morgan fingerprint density at radius 2 is 2.47 bits per heavy atom. The normalized spacial score (nSPS) is 21.5. The van der Waals surface area contributed by atoms with Crippen molar-refractivity contribution in [3.63, 3.8) is 0 Å². The van der Waals surface area contributed by atoms with E-state index in [9.17, 15) is 4.79 Å². The van der Waals surface area contributed by atoms with Gasteiger partial charge in [-0.05, 0) is 26.3 Å². The summed E-state index contributed by atoms with van der Waals surface area (Å²) in [4.78, 5) is 12.0. The Balaban J connectivity index is 2.16. The van der Waals surface area contributed by atoms with Crippen molar-refractivity contribution < 1.29 is 4.79 Å². The van der Waals surface area contributed by atoms with Crippen molar-refractivity contribution in [2.24, 2.45) is 0 Å². The third-order valence-corrected chi connectivity index (χ3v) is 2.72. The van der Waals surface area contributed by atoms with Crippen molar-refractivity contribution in [3.8, 4) is 0 Å². The predicted octanol–water partition coefficient (Wildman–Crippen LogP) is 0.556. The molecule has 1 aliphatic rings. The van der Waals surface area contributed by atoms with Gasteiger partial charge in [-0.3, -0.25) is 4.79 Å². The molecule has 0 saturated carbocycles. The molecule has 2 rings (SSSR count). The standard InChI is InChI=1S/C10H16N4O/c1-7-6-9(11)13-14(7)10(15)8-4-2-3-5-12-8/h6,8,12H,2-5H2,1H3,(H2,11,13). The number of nitrogens with two attached hydrogens (primary N) is 1. The molecule has 0 radical (unpaired) electrons. The summed E-state index contributed by atoms with van der Waals surface area (Å²) >= 11 is 0. The minimum absolute atomic E-state index is 0.00361. The third-order valence-electron chi connectivity index (χ3n) is 2.72. The maximum atomic E-state index is 12.0. The summed E-state index contributed by atoms with van der Waals surface area (Å²) in [6, 6.07) is 1.61. The topological polar surface area (TPSA) is 72.9 Å². The van der Waals surface area contributed by atoms with Crippen LogP contribution in [0.1, 0.15) is 29.8 Å². The van der Waals surface area contributed by atoms with Crippen LogP contribution < -0.4 is 11.1 Å². The van der Waals surface area contributed by atoms with Crippen molar-refractivity contribution in [3.05, 3.63) is 11.8 Å². The van der Waals surface area contributed by atoms with Crippen LogP contribution in [0, 0.1) is 6.92 Å².